The number of hydrogen-bond acceptors (Lipinski definition) is 12. The topological polar surface area (TPSA) is 233 Å². The Morgan fingerprint density at radius 3 is 1.40 bits per heavy atom. The lowest BCUT2D eigenvalue weighted by atomic mass is 9.87. The van der Waals surface area contributed by atoms with Gasteiger partial charge in [-0.25, -0.2) is 10.8 Å². The highest BCUT2D eigenvalue weighted by atomic mass is 33.1. The van der Waals surface area contributed by atoms with Crippen molar-refractivity contribution in [1.29, 1.82) is 0 Å². The third kappa shape index (κ3) is 37.1. The summed E-state index contributed by atoms with van der Waals surface area (Å²) >= 11 is 8.00. The largest absolute Gasteiger partial charge is 0.451 e. The highest BCUT2D eigenvalue weighted by Crippen LogP contribution is 2.39. The molecule has 5 unspecified atom stereocenters. The number of thioether (sulfide) groups is 4. The van der Waals surface area contributed by atoms with Crippen molar-refractivity contribution in [2.24, 2.45) is 28.9 Å². The summed E-state index contributed by atoms with van der Waals surface area (Å²) in [6, 6.07) is 0. The average molecular weight is 922 g/mol. The van der Waals surface area contributed by atoms with E-state index in [1.165, 1.54) is 25.7 Å². The highest BCUT2D eigenvalue weighted by Gasteiger charge is 2.30. The van der Waals surface area contributed by atoms with Crippen LogP contribution in [-0.2, 0) is 9.47 Å². The lowest BCUT2D eigenvalue weighted by Gasteiger charge is -2.35. The van der Waals surface area contributed by atoms with E-state index in [1.54, 1.807) is 35.8 Å². The van der Waals surface area contributed by atoms with Crippen LogP contribution in [0.2, 0.25) is 0 Å². The summed E-state index contributed by atoms with van der Waals surface area (Å²) in [5.74, 6) is 12.4. The second kappa shape index (κ2) is 44.2. The number of nitrogens with one attached hydrogen (secondary N) is 2. The number of rotatable bonds is 27. The minimum absolute atomic E-state index is 0. The fourth-order valence-corrected chi connectivity index (χ4v) is 12.4. The van der Waals surface area contributed by atoms with Crippen LogP contribution < -0.4 is 43.7 Å². The number of nitrogens with two attached hydrogens (primary N) is 6. The molecule has 5 atom stereocenters. The molecule has 2 fully saturated rings. The van der Waals surface area contributed by atoms with Crippen LogP contribution in [0.25, 0.3) is 0 Å². The Morgan fingerprint density at radius 2 is 1.08 bits per heavy atom. The number of amidine groups is 2. The molecule has 0 aliphatic heterocycles. The van der Waals surface area contributed by atoms with Crippen molar-refractivity contribution < 1.29 is 38.7 Å². The fourth-order valence-electron chi connectivity index (χ4n) is 4.08. The van der Waals surface area contributed by atoms with Crippen molar-refractivity contribution in [3.8, 4) is 0 Å². The van der Waals surface area contributed by atoms with Gasteiger partial charge in [-0.3, -0.25) is 21.5 Å². The lowest BCUT2D eigenvalue weighted by molar-refractivity contribution is -0.453. The van der Waals surface area contributed by atoms with Gasteiger partial charge >= 0.3 is 11.8 Å². The SMILES string of the molecule is COC(=[NH2+])CCSSCCC(=[NH2+])OC.CSCC[NH+]=C(N)CCSSCCC(N)=[NH+]CCSC1CCC1C.NCCSC1CCC1SCCN.O.[2H][3H].[B]P. The zero-order valence-electron chi connectivity index (χ0n) is 34.7. The maximum absolute atomic E-state index is 6.03. The van der Waals surface area contributed by atoms with Crippen LogP contribution in [0, 0.1) is 5.92 Å². The minimum atomic E-state index is 0. The average Bonchev–Trinajstić information content (AvgIpc) is 3.18. The zero-order valence-corrected chi connectivity index (χ0v) is 40.3. The molecule has 16 N–H and O–H groups in total. The van der Waals surface area contributed by atoms with Gasteiger partial charge in [-0.15, -0.1) is 0 Å². The van der Waals surface area contributed by atoms with Gasteiger partial charge in [0.25, 0.3) is 0 Å². The molecule has 0 aromatic rings. The molecule has 2 aliphatic rings. The monoisotopic (exact) mass is 921 g/mol. The van der Waals surface area contributed by atoms with Gasteiger partial charge in [0.1, 0.15) is 0 Å². The Labute approximate surface area is 362 Å². The third-order valence-electron chi connectivity index (χ3n) is 7.50. The lowest BCUT2D eigenvalue weighted by Crippen LogP contribution is -2.76. The maximum Gasteiger partial charge on any atom is 0.333 e. The second-order valence-electron chi connectivity index (χ2n) is 11.5. The minimum Gasteiger partial charge on any atom is -0.451 e. The van der Waals surface area contributed by atoms with E-state index in [1.807, 2.05) is 66.0 Å². The molecular weight excluding hydrogens is 843 g/mol. The number of methoxy groups -OCH3 is 2. The van der Waals surface area contributed by atoms with Gasteiger partial charge in [0, 0.05) is 77.8 Å². The second-order valence-corrected chi connectivity index (χ2v) is 21.9. The Balaban J connectivity index is -0.000000359. The molecule has 0 amide bonds. The van der Waals surface area contributed by atoms with Crippen molar-refractivity contribution in [3.05, 3.63) is 0 Å². The summed E-state index contributed by atoms with van der Waals surface area (Å²) in [4.78, 5) is 6.61. The van der Waals surface area contributed by atoms with Crippen molar-refractivity contribution in [2.75, 3.05) is 92.7 Å². The molecule has 2 aliphatic carbocycles. The molecule has 0 saturated heterocycles. The first-order chi connectivity index (χ1) is 26.2. The van der Waals surface area contributed by atoms with E-state index >= 15 is 0 Å². The first kappa shape index (κ1) is 56.2. The van der Waals surface area contributed by atoms with E-state index in [0.717, 1.165) is 131 Å². The van der Waals surface area contributed by atoms with Crippen molar-refractivity contribution in [3.63, 3.8) is 0 Å². The van der Waals surface area contributed by atoms with E-state index in [4.69, 9.17) is 46.2 Å². The van der Waals surface area contributed by atoms with Crippen molar-refractivity contribution >= 4 is 130 Å². The van der Waals surface area contributed by atoms with Crippen LogP contribution in [0.3, 0.4) is 0 Å². The van der Waals surface area contributed by atoms with Gasteiger partial charge < -0.3 is 26.4 Å². The maximum atomic E-state index is 6.03. The first-order valence-corrected chi connectivity index (χ1v) is 28.0. The molecule has 0 aromatic heterocycles. The molecule has 2 radical (unpaired) electrons. The molecular formula is C32H76BN8O3PS8+4. The summed E-state index contributed by atoms with van der Waals surface area (Å²) in [6.07, 6.45) is 11.1. The predicted octanol–water partition coefficient (Wildman–Crippen LogP) is -1.06. The molecule has 11 nitrogen and oxygen atoms in total. The van der Waals surface area contributed by atoms with Crippen LogP contribution in [0.5, 0.6) is 0 Å². The van der Waals surface area contributed by atoms with Crippen LogP contribution >= 0.6 is 99.3 Å². The molecule has 0 bridgehead atoms. The van der Waals surface area contributed by atoms with E-state index in [2.05, 4.69) is 42.5 Å². The summed E-state index contributed by atoms with van der Waals surface area (Å²) in [7, 11) is 16.8. The van der Waals surface area contributed by atoms with Crippen LogP contribution in [0.1, 0.15) is 61.3 Å². The van der Waals surface area contributed by atoms with Gasteiger partial charge in [-0.2, -0.15) is 56.2 Å². The van der Waals surface area contributed by atoms with Gasteiger partial charge in [0.05, 0.1) is 60.6 Å². The Morgan fingerprint density at radius 1 is 0.698 bits per heavy atom. The van der Waals surface area contributed by atoms with Gasteiger partial charge in [-0.05, 0) is 37.9 Å². The summed E-state index contributed by atoms with van der Waals surface area (Å²) < 4.78 is 19.7. The van der Waals surface area contributed by atoms with E-state index in [-0.39, 0.29) is 5.48 Å². The predicted molar refractivity (Wildman–Crippen MR) is 260 cm³/mol. The summed E-state index contributed by atoms with van der Waals surface area (Å²) in [5, 5.41) is 13.6. The molecule has 53 heavy (non-hydrogen) atoms. The number of ether oxygens (including phenoxy) is 2. The molecule has 0 spiro atoms. The summed E-state index contributed by atoms with van der Waals surface area (Å²) in [6.45, 7) is 5.94. The Bertz CT molecular complexity index is 907. The number of hydrogen-bond donors (Lipinski definition) is 8. The quantitative estimate of drug-likeness (QED) is 0.0123. The molecule has 2 rings (SSSR count). The van der Waals surface area contributed by atoms with E-state index < -0.39 is 0 Å². The summed E-state index contributed by atoms with van der Waals surface area (Å²) in [5.41, 5.74) is 22.9. The van der Waals surface area contributed by atoms with Gasteiger partial charge in [-0.1, -0.05) is 50.1 Å². The molecule has 314 valence electrons. The normalized spacial score (nSPS) is 19.1. The fraction of sp³-hybridized carbons (Fsp3) is 0.875. The molecule has 21 heteroatoms. The highest BCUT2D eigenvalue weighted by molar-refractivity contribution is 8.77. The van der Waals surface area contributed by atoms with Gasteiger partial charge in [0.2, 0.25) is 11.7 Å². The van der Waals surface area contributed by atoms with E-state index in [0.29, 0.717) is 11.8 Å². The molecule has 0 heterocycles. The van der Waals surface area contributed by atoms with Gasteiger partial charge in [0.15, 0.2) is 0 Å². The van der Waals surface area contributed by atoms with Crippen LogP contribution in [-0.4, -0.2) is 145 Å². The Kier molecular flexibility index (Phi) is 46.8. The third-order valence-corrected chi connectivity index (χ3v) is 17.6. The van der Waals surface area contributed by atoms with E-state index in [9.17, 15) is 0 Å². The smallest absolute Gasteiger partial charge is 0.333 e. The standard InChI is InChI=1S/C16H32N4S4.C8H16N2O2S2.C8H18N2S2.BH2P.H2O.H2/c1-13-3-4-14(13)22-12-8-20-16(18)6-10-24-23-9-5-15(17)19-7-11-21-2;1-11-7(9)3-5-13-14-6-4-8(10)12-2;9-3-5-11-7-1-2-8(7)12-6-4-10;1-2;;/h13-14H,3-12H2,1-2H3,(H2,17,19)(H2,18,20);9-10H,3-6H2,1-2H3;7-8H,1-6,9-10H2;2H2;1H2;1H/p+4/i;;;;;1+2D. The molecule has 0 aromatic carbocycles. The Hall–Kier alpha value is 1.05. The zero-order chi connectivity index (χ0) is 41.2. The van der Waals surface area contributed by atoms with Crippen molar-refractivity contribution in [2.45, 2.75) is 74.0 Å². The molecule has 2 saturated carbocycles. The van der Waals surface area contributed by atoms with Crippen LogP contribution in [0.4, 0.5) is 0 Å². The van der Waals surface area contributed by atoms with Crippen LogP contribution in [0.15, 0.2) is 0 Å². The first-order valence-electron chi connectivity index (χ1n) is 18.8. The van der Waals surface area contributed by atoms with Crippen molar-refractivity contribution in [1.82, 2.24) is 0 Å².